The SMILES string of the molecule is CCc1c(-c2ccc(C)cc2)c(C(N)=O)c(C)n1CCP=O.OOO. The number of carbonyl (C=O) groups is 1. The Morgan fingerprint density at radius 1 is 1.24 bits per heavy atom. The molecule has 2 aromatic rings. The second kappa shape index (κ2) is 10.1. The number of aryl methyl sites for hydroxylation is 1. The summed E-state index contributed by atoms with van der Waals surface area (Å²) >= 11 is 0. The second-order valence-corrected chi connectivity index (χ2v) is 6.16. The van der Waals surface area contributed by atoms with Gasteiger partial charge in [-0.15, -0.1) is 0 Å². The van der Waals surface area contributed by atoms with Crippen LogP contribution in [-0.4, -0.2) is 27.2 Å². The van der Waals surface area contributed by atoms with Crippen molar-refractivity contribution in [3.8, 4) is 11.1 Å². The largest absolute Gasteiger partial charge is 0.366 e. The van der Waals surface area contributed by atoms with E-state index >= 15 is 0 Å². The highest BCUT2D eigenvalue weighted by molar-refractivity contribution is 7.23. The van der Waals surface area contributed by atoms with E-state index < -0.39 is 5.91 Å². The lowest BCUT2D eigenvalue weighted by atomic mass is 9.98. The number of nitrogens with zero attached hydrogens (tertiary/aromatic N) is 1. The summed E-state index contributed by atoms with van der Waals surface area (Å²) in [7, 11) is 0.107. The Morgan fingerprint density at radius 2 is 1.80 bits per heavy atom. The summed E-state index contributed by atoms with van der Waals surface area (Å²) in [6, 6.07) is 8.10. The molecule has 0 fully saturated rings. The van der Waals surface area contributed by atoms with Crippen LogP contribution in [0, 0.1) is 13.8 Å². The predicted molar refractivity (Wildman–Crippen MR) is 96.1 cm³/mol. The third kappa shape index (κ3) is 4.96. The summed E-state index contributed by atoms with van der Waals surface area (Å²) < 4.78 is 12.9. The van der Waals surface area contributed by atoms with E-state index in [0.717, 1.165) is 28.9 Å². The Labute approximate surface area is 148 Å². The van der Waals surface area contributed by atoms with Gasteiger partial charge in [-0.25, -0.2) is 10.5 Å². The van der Waals surface area contributed by atoms with Gasteiger partial charge in [-0.2, -0.15) is 0 Å². The van der Waals surface area contributed by atoms with Crippen LogP contribution in [0.1, 0.15) is 34.2 Å². The van der Waals surface area contributed by atoms with E-state index in [1.807, 2.05) is 38.1 Å². The van der Waals surface area contributed by atoms with Crippen LogP contribution in [-0.2, 0) is 22.6 Å². The van der Waals surface area contributed by atoms with Crippen molar-refractivity contribution in [1.82, 2.24) is 4.57 Å². The van der Waals surface area contributed by atoms with Crippen molar-refractivity contribution in [2.45, 2.75) is 33.7 Å². The molecule has 0 saturated carbocycles. The maximum absolute atomic E-state index is 12.0. The molecule has 4 N–H and O–H groups in total. The van der Waals surface area contributed by atoms with Crippen molar-refractivity contribution < 1.29 is 24.9 Å². The first-order valence-electron chi connectivity index (χ1n) is 7.75. The molecule has 1 amide bonds. The zero-order valence-electron chi connectivity index (χ0n) is 14.5. The second-order valence-electron chi connectivity index (χ2n) is 5.45. The van der Waals surface area contributed by atoms with Crippen molar-refractivity contribution >= 4 is 14.4 Å². The summed E-state index contributed by atoms with van der Waals surface area (Å²) in [6.07, 6.45) is 1.31. The van der Waals surface area contributed by atoms with Gasteiger partial charge in [0, 0.05) is 29.7 Å². The minimum absolute atomic E-state index is 0.107. The molecule has 0 aliphatic heterocycles. The Bertz CT molecular complexity index is 726. The summed E-state index contributed by atoms with van der Waals surface area (Å²) in [6.45, 7) is 6.61. The number of primary amides is 1. The van der Waals surface area contributed by atoms with Gasteiger partial charge in [0.1, 0.15) is 0 Å². The Morgan fingerprint density at radius 3 is 2.24 bits per heavy atom. The fraction of sp³-hybridized carbons (Fsp3) is 0.353. The summed E-state index contributed by atoms with van der Waals surface area (Å²) in [5, 5.41) is 15.5. The van der Waals surface area contributed by atoms with Crippen molar-refractivity contribution in [3.05, 3.63) is 46.8 Å². The number of benzene rings is 1. The Kier molecular flexibility index (Phi) is 8.45. The molecule has 1 aromatic carbocycles. The van der Waals surface area contributed by atoms with Crippen LogP contribution >= 0.6 is 8.46 Å². The van der Waals surface area contributed by atoms with Gasteiger partial charge < -0.3 is 10.3 Å². The number of rotatable bonds is 6. The van der Waals surface area contributed by atoms with Gasteiger partial charge >= 0.3 is 0 Å². The minimum atomic E-state index is -0.416. The third-order valence-corrected chi connectivity index (χ3v) is 4.35. The van der Waals surface area contributed by atoms with E-state index in [2.05, 4.69) is 16.5 Å². The molecular formula is C17H23N2O5P. The van der Waals surface area contributed by atoms with Crippen LogP contribution in [0.5, 0.6) is 0 Å². The van der Waals surface area contributed by atoms with E-state index in [9.17, 15) is 9.36 Å². The highest BCUT2D eigenvalue weighted by Crippen LogP contribution is 2.33. The van der Waals surface area contributed by atoms with E-state index in [4.69, 9.17) is 16.2 Å². The van der Waals surface area contributed by atoms with E-state index in [-0.39, 0.29) is 8.46 Å². The molecule has 0 radical (unpaired) electrons. The van der Waals surface area contributed by atoms with Gasteiger partial charge in [-0.1, -0.05) is 41.8 Å². The molecule has 136 valence electrons. The molecule has 0 bridgehead atoms. The Hall–Kier alpha value is -2.05. The fourth-order valence-corrected chi connectivity index (χ4v) is 3.22. The van der Waals surface area contributed by atoms with Crippen LogP contribution in [0.4, 0.5) is 0 Å². The van der Waals surface area contributed by atoms with Crippen molar-refractivity contribution in [3.63, 3.8) is 0 Å². The van der Waals surface area contributed by atoms with Crippen molar-refractivity contribution in [2.75, 3.05) is 6.16 Å². The van der Waals surface area contributed by atoms with Gasteiger partial charge in [0.2, 0.25) is 0 Å². The lowest BCUT2D eigenvalue weighted by molar-refractivity contribution is -0.465. The first-order valence-corrected chi connectivity index (χ1v) is 8.75. The number of hydrogen-bond donors (Lipinski definition) is 3. The summed E-state index contributed by atoms with van der Waals surface area (Å²) in [5.74, 6) is -0.416. The number of carbonyl (C=O) groups excluding carboxylic acids is 1. The summed E-state index contributed by atoms with van der Waals surface area (Å²) in [5.41, 5.74) is 11.2. The van der Waals surface area contributed by atoms with E-state index in [0.29, 0.717) is 18.3 Å². The van der Waals surface area contributed by atoms with Crippen LogP contribution in [0.2, 0.25) is 0 Å². The molecule has 0 saturated heterocycles. The van der Waals surface area contributed by atoms with Gasteiger partial charge in [-0.3, -0.25) is 9.36 Å². The highest BCUT2D eigenvalue weighted by Gasteiger charge is 2.23. The molecular weight excluding hydrogens is 343 g/mol. The average Bonchev–Trinajstić information content (AvgIpc) is 2.86. The van der Waals surface area contributed by atoms with Crippen molar-refractivity contribution in [1.29, 1.82) is 0 Å². The number of nitrogens with two attached hydrogens (primary N) is 1. The number of hydrogen-bond acceptors (Lipinski definition) is 5. The zero-order valence-corrected chi connectivity index (χ0v) is 15.4. The normalized spacial score (nSPS) is 10.4. The van der Waals surface area contributed by atoms with Crippen LogP contribution in [0.25, 0.3) is 11.1 Å². The lowest BCUT2D eigenvalue weighted by Gasteiger charge is -2.10. The smallest absolute Gasteiger partial charge is 0.251 e. The quantitative estimate of drug-likeness (QED) is 0.410. The van der Waals surface area contributed by atoms with E-state index in [1.54, 1.807) is 0 Å². The average molecular weight is 366 g/mol. The maximum atomic E-state index is 12.0. The molecule has 0 spiro atoms. The van der Waals surface area contributed by atoms with E-state index in [1.165, 1.54) is 5.56 Å². The topological polar surface area (TPSA) is 115 Å². The first-order chi connectivity index (χ1) is 11.9. The maximum Gasteiger partial charge on any atom is 0.251 e. The predicted octanol–water partition coefficient (Wildman–Crippen LogP) is 3.67. The molecule has 0 unspecified atom stereocenters. The molecule has 7 nitrogen and oxygen atoms in total. The van der Waals surface area contributed by atoms with Crippen LogP contribution < -0.4 is 5.73 Å². The molecule has 8 heteroatoms. The molecule has 25 heavy (non-hydrogen) atoms. The highest BCUT2D eigenvalue weighted by atomic mass is 31.1. The minimum Gasteiger partial charge on any atom is -0.366 e. The van der Waals surface area contributed by atoms with Crippen molar-refractivity contribution in [2.24, 2.45) is 5.73 Å². The molecule has 1 heterocycles. The first kappa shape index (κ1) is 21.0. The molecule has 0 atom stereocenters. The summed E-state index contributed by atoms with van der Waals surface area (Å²) in [4.78, 5) is 12.0. The van der Waals surface area contributed by atoms with Crippen LogP contribution in [0.3, 0.4) is 0 Å². The third-order valence-electron chi connectivity index (χ3n) is 3.97. The standard InChI is InChI=1S/C17H21N2O2P.H2O3/c1-4-14-16(13-7-5-11(2)6-8-13)15(17(18)20)12(3)19(14)9-10-22-21;1-3-2/h5-8H,4,9-10H2,1-3H3,(H2,18,20);1-2H. The van der Waals surface area contributed by atoms with Gasteiger partial charge in [0.05, 0.1) is 5.56 Å². The molecule has 0 aliphatic rings. The zero-order chi connectivity index (χ0) is 19.0. The fourth-order valence-electron chi connectivity index (χ4n) is 2.94. The monoisotopic (exact) mass is 366 g/mol. The van der Waals surface area contributed by atoms with Crippen LogP contribution in [0.15, 0.2) is 24.3 Å². The van der Waals surface area contributed by atoms with Gasteiger partial charge in [0.15, 0.2) is 8.46 Å². The van der Waals surface area contributed by atoms with Gasteiger partial charge in [0.25, 0.3) is 5.91 Å². The number of amides is 1. The van der Waals surface area contributed by atoms with Gasteiger partial charge in [-0.05, 0) is 25.8 Å². The molecule has 2 rings (SSSR count). The number of aromatic nitrogens is 1. The Balaban J connectivity index is 0.000000970. The lowest BCUT2D eigenvalue weighted by Crippen LogP contribution is -2.13. The molecule has 1 aromatic heterocycles. The molecule has 0 aliphatic carbocycles.